The molecule has 0 spiro atoms. The SMILES string of the molecule is NC1C2CC3CC(C2)CC1(C1CC1)C3. The molecule has 0 aliphatic heterocycles. The molecule has 78 valence electrons. The maximum Gasteiger partial charge on any atom is 0.0127 e. The van der Waals surface area contributed by atoms with Gasteiger partial charge >= 0.3 is 0 Å². The molecular formula is C13H21N. The van der Waals surface area contributed by atoms with E-state index in [1.54, 1.807) is 6.42 Å². The summed E-state index contributed by atoms with van der Waals surface area (Å²) < 4.78 is 0. The first-order valence-electron chi connectivity index (χ1n) is 6.53. The predicted molar refractivity (Wildman–Crippen MR) is 56.7 cm³/mol. The molecule has 0 aromatic carbocycles. The van der Waals surface area contributed by atoms with E-state index in [0.717, 1.165) is 23.7 Å². The van der Waals surface area contributed by atoms with Gasteiger partial charge in [-0.1, -0.05) is 0 Å². The van der Waals surface area contributed by atoms with E-state index >= 15 is 0 Å². The lowest BCUT2D eigenvalue weighted by Crippen LogP contribution is -2.60. The lowest BCUT2D eigenvalue weighted by molar-refractivity contribution is -0.0847. The van der Waals surface area contributed by atoms with Crippen molar-refractivity contribution in [1.29, 1.82) is 0 Å². The monoisotopic (exact) mass is 191 g/mol. The maximum absolute atomic E-state index is 6.54. The quantitative estimate of drug-likeness (QED) is 0.677. The summed E-state index contributed by atoms with van der Waals surface area (Å²) in [4.78, 5) is 0. The van der Waals surface area contributed by atoms with Crippen LogP contribution in [0.1, 0.15) is 44.9 Å². The van der Waals surface area contributed by atoms with Crippen LogP contribution >= 0.6 is 0 Å². The van der Waals surface area contributed by atoms with Crippen LogP contribution in [0.5, 0.6) is 0 Å². The van der Waals surface area contributed by atoms with Gasteiger partial charge < -0.3 is 5.73 Å². The molecule has 0 aromatic heterocycles. The van der Waals surface area contributed by atoms with Crippen molar-refractivity contribution in [2.75, 3.05) is 0 Å². The van der Waals surface area contributed by atoms with E-state index in [-0.39, 0.29) is 0 Å². The molecule has 5 saturated carbocycles. The Morgan fingerprint density at radius 1 is 0.929 bits per heavy atom. The minimum atomic E-state index is 0.586. The lowest BCUT2D eigenvalue weighted by atomic mass is 9.46. The third-order valence-corrected chi connectivity index (χ3v) is 5.84. The highest BCUT2D eigenvalue weighted by atomic mass is 14.8. The van der Waals surface area contributed by atoms with Crippen LogP contribution in [0.2, 0.25) is 0 Å². The Balaban J connectivity index is 1.75. The van der Waals surface area contributed by atoms with Crippen molar-refractivity contribution >= 4 is 0 Å². The average Bonchev–Trinajstić information content (AvgIpc) is 2.95. The molecule has 0 radical (unpaired) electrons. The van der Waals surface area contributed by atoms with Crippen molar-refractivity contribution < 1.29 is 0 Å². The molecule has 2 N–H and O–H groups in total. The maximum atomic E-state index is 6.54. The number of nitrogens with two attached hydrogens (primary N) is 1. The second-order valence-corrected chi connectivity index (χ2v) is 6.64. The van der Waals surface area contributed by atoms with E-state index in [0.29, 0.717) is 11.5 Å². The highest BCUT2D eigenvalue weighted by Gasteiger charge is 2.60. The van der Waals surface area contributed by atoms with E-state index in [9.17, 15) is 0 Å². The lowest BCUT2D eigenvalue weighted by Gasteiger charge is -2.61. The molecule has 5 rings (SSSR count). The van der Waals surface area contributed by atoms with Gasteiger partial charge in [0.15, 0.2) is 0 Å². The zero-order valence-electron chi connectivity index (χ0n) is 8.91. The molecule has 0 heterocycles. The van der Waals surface area contributed by atoms with E-state index in [1.165, 1.54) is 38.5 Å². The summed E-state index contributed by atoms with van der Waals surface area (Å²) in [5.74, 6) is 4.12. The van der Waals surface area contributed by atoms with E-state index in [4.69, 9.17) is 5.73 Å². The Morgan fingerprint density at radius 2 is 1.57 bits per heavy atom. The Morgan fingerprint density at radius 3 is 2.14 bits per heavy atom. The van der Waals surface area contributed by atoms with Crippen LogP contribution in [0.3, 0.4) is 0 Å². The predicted octanol–water partition coefficient (Wildman–Crippen LogP) is 2.55. The average molecular weight is 191 g/mol. The van der Waals surface area contributed by atoms with Crippen LogP contribution in [0.25, 0.3) is 0 Å². The smallest absolute Gasteiger partial charge is 0.0127 e. The first-order valence-corrected chi connectivity index (χ1v) is 6.53. The van der Waals surface area contributed by atoms with Crippen molar-refractivity contribution in [3.63, 3.8) is 0 Å². The fourth-order valence-corrected chi connectivity index (χ4v) is 5.41. The second-order valence-electron chi connectivity index (χ2n) is 6.64. The molecule has 3 unspecified atom stereocenters. The molecule has 5 aliphatic carbocycles. The molecule has 5 fully saturated rings. The third-order valence-electron chi connectivity index (χ3n) is 5.84. The highest BCUT2D eigenvalue weighted by molar-refractivity contribution is 5.12. The van der Waals surface area contributed by atoms with Crippen molar-refractivity contribution in [2.45, 2.75) is 51.0 Å². The van der Waals surface area contributed by atoms with Gasteiger partial charge in [0, 0.05) is 6.04 Å². The normalized spacial score (nSPS) is 60.6. The van der Waals surface area contributed by atoms with E-state index < -0.39 is 0 Å². The van der Waals surface area contributed by atoms with Gasteiger partial charge in [-0.05, 0) is 74.0 Å². The van der Waals surface area contributed by atoms with Crippen LogP contribution in [0.4, 0.5) is 0 Å². The van der Waals surface area contributed by atoms with Crippen LogP contribution in [0, 0.1) is 29.1 Å². The minimum Gasteiger partial charge on any atom is -0.327 e. The van der Waals surface area contributed by atoms with E-state index in [1.807, 2.05) is 0 Å². The Hall–Kier alpha value is -0.0400. The van der Waals surface area contributed by atoms with Crippen molar-refractivity contribution in [3.05, 3.63) is 0 Å². The summed E-state index contributed by atoms with van der Waals surface area (Å²) in [6, 6.07) is 0.586. The van der Waals surface area contributed by atoms with Gasteiger partial charge in [-0.2, -0.15) is 0 Å². The summed E-state index contributed by atoms with van der Waals surface area (Å²) in [7, 11) is 0. The zero-order chi connectivity index (χ0) is 9.34. The standard InChI is InChI=1S/C13H21N/c14-12-10-4-8-3-9(5-10)7-13(12,6-8)11-1-2-11/h8-12H,1-7,14H2. The molecule has 0 aromatic rings. The topological polar surface area (TPSA) is 26.0 Å². The molecule has 3 atom stereocenters. The fraction of sp³-hybridized carbons (Fsp3) is 1.00. The summed E-state index contributed by atoms with van der Waals surface area (Å²) in [5, 5.41) is 0. The van der Waals surface area contributed by atoms with Crippen LogP contribution in [0.15, 0.2) is 0 Å². The summed E-state index contributed by atoms with van der Waals surface area (Å²) >= 11 is 0. The highest BCUT2D eigenvalue weighted by Crippen LogP contribution is 2.66. The Labute approximate surface area is 86.4 Å². The van der Waals surface area contributed by atoms with Gasteiger partial charge in [0.1, 0.15) is 0 Å². The largest absolute Gasteiger partial charge is 0.327 e. The molecule has 0 saturated heterocycles. The Kier molecular flexibility index (Phi) is 1.38. The van der Waals surface area contributed by atoms with Crippen molar-refractivity contribution in [3.8, 4) is 0 Å². The van der Waals surface area contributed by atoms with Gasteiger partial charge in [0.2, 0.25) is 0 Å². The molecule has 0 amide bonds. The van der Waals surface area contributed by atoms with Gasteiger partial charge in [-0.15, -0.1) is 0 Å². The Bertz CT molecular complexity index is 254. The molecule has 14 heavy (non-hydrogen) atoms. The summed E-state index contributed by atoms with van der Waals surface area (Å²) in [6.07, 6.45) is 10.5. The molecule has 1 nitrogen and oxygen atoms in total. The van der Waals surface area contributed by atoms with Crippen LogP contribution in [-0.4, -0.2) is 6.04 Å². The molecular weight excluding hydrogens is 170 g/mol. The molecule has 1 heteroatoms. The molecule has 4 bridgehead atoms. The van der Waals surface area contributed by atoms with Gasteiger partial charge in [-0.25, -0.2) is 0 Å². The number of hydrogen-bond acceptors (Lipinski definition) is 1. The first kappa shape index (κ1) is 8.15. The van der Waals surface area contributed by atoms with E-state index in [2.05, 4.69) is 0 Å². The van der Waals surface area contributed by atoms with Gasteiger partial charge in [-0.3, -0.25) is 0 Å². The third kappa shape index (κ3) is 0.856. The van der Waals surface area contributed by atoms with Crippen molar-refractivity contribution in [1.82, 2.24) is 0 Å². The second kappa shape index (κ2) is 2.37. The summed E-state index contributed by atoms with van der Waals surface area (Å²) in [5.41, 5.74) is 7.19. The fourth-order valence-electron chi connectivity index (χ4n) is 5.41. The minimum absolute atomic E-state index is 0.586. The number of hydrogen-bond donors (Lipinski definition) is 1. The first-order chi connectivity index (χ1) is 6.78. The van der Waals surface area contributed by atoms with Crippen LogP contribution < -0.4 is 5.73 Å². The molecule has 5 aliphatic rings. The van der Waals surface area contributed by atoms with Gasteiger partial charge in [0.05, 0.1) is 0 Å². The zero-order valence-corrected chi connectivity index (χ0v) is 8.91. The number of rotatable bonds is 1. The van der Waals surface area contributed by atoms with Crippen molar-refractivity contribution in [2.24, 2.45) is 34.8 Å². The summed E-state index contributed by atoms with van der Waals surface area (Å²) in [6.45, 7) is 0. The van der Waals surface area contributed by atoms with Crippen LogP contribution in [-0.2, 0) is 0 Å². The van der Waals surface area contributed by atoms with Gasteiger partial charge in [0.25, 0.3) is 0 Å².